The molecule has 0 aliphatic carbocycles. The van der Waals surface area contributed by atoms with Crippen LogP contribution in [0.5, 0.6) is 0 Å². The summed E-state index contributed by atoms with van der Waals surface area (Å²) in [5.41, 5.74) is 3.24. The highest BCUT2D eigenvalue weighted by Crippen LogP contribution is 2.22. The van der Waals surface area contributed by atoms with Crippen molar-refractivity contribution in [3.05, 3.63) is 34.6 Å². The molecule has 2 atom stereocenters. The van der Waals surface area contributed by atoms with Gasteiger partial charge in [0.2, 0.25) is 0 Å². The van der Waals surface area contributed by atoms with E-state index in [2.05, 4.69) is 24.2 Å². The highest BCUT2D eigenvalue weighted by Gasteiger charge is 2.29. The Morgan fingerprint density at radius 3 is 2.90 bits per heavy atom. The molecule has 0 saturated carbocycles. The molecule has 0 bridgehead atoms. The van der Waals surface area contributed by atoms with Gasteiger partial charge in [-0.3, -0.25) is 16.2 Å². The average molecular weight is 316 g/mol. The maximum Gasteiger partial charge on any atom is 0.127 e. The van der Waals surface area contributed by atoms with Gasteiger partial charge in [-0.1, -0.05) is 17.7 Å². The van der Waals surface area contributed by atoms with E-state index < -0.39 is 0 Å². The number of ether oxygens (including phenoxy) is 1. The van der Waals surface area contributed by atoms with Gasteiger partial charge in [-0.25, -0.2) is 4.39 Å². The van der Waals surface area contributed by atoms with E-state index in [9.17, 15) is 4.39 Å². The highest BCUT2D eigenvalue weighted by atomic mass is 35.5. The van der Waals surface area contributed by atoms with Crippen molar-refractivity contribution in [3.63, 3.8) is 0 Å². The normalized spacial score (nSPS) is 21.7. The summed E-state index contributed by atoms with van der Waals surface area (Å²) < 4.78 is 19.7. The average Bonchev–Trinajstić information content (AvgIpc) is 2.47. The molecule has 0 spiro atoms. The van der Waals surface area contributed by atoms with Crippen molar-refractivity contribution >= 4 is 11.6 Å². The van der Waals surface area contributed by atoms with Crippen molar-refractivity contribution in [3.8, 4) is 0 Å². The van der Waals surface area contributed by atoms with Gasteiger partial charge in [0.1, 0.15) is 5.82 Å². The van der Waals surface area contributed by atoms with Gasteiger partial charge in [0.05, 0.1) is 18.8 Å². The van der Waals surface area contributed by atoms with Crippen LogP contribution in [0.25, 0.3) is 0 Å². The SMILES string of the molecule is CC(C)N1CCOC(C(Cc2c(F)cccc2Cl)NN)C1. The van der Waals surface area contributed by atoms with E-state index in [1.807, 2.05) is 0 Å². The van der Waals surface area contributed by atoms with Crippen LogP contribution in [0.15, 0.2) is 18.2 Å². The summed E-state index contributed by atoms with van der Waals surface area (Å²) in [5, 5.41) is 0.423. The van der Waals surface area contributed by atoms with E-state index in [-0.39, 0.29) is 18.0 Å². The maximum absolute atomic E-state index is 13.9. The molecule has 21 heavy (non-hydrogen) atoms. The molecule has 2 unspecified atom stereocenters. The largest absolute Gasteiger partial charge is 0.374 e. The van der Waals surface area contributed by atoms with Crippen molar-refractivity contribution < 1.29 is 9.13 Å². The van der Waals surface area contributed by atoms with E-state index in [1.54, 1.807) is 12.1 Å². The first-order chi connectivity index (χ1) is 10.0. The van der Waals surface area contributed by atoms with E-state index in [4.69, 9.17) is 22.2 Å². The number of rotatable bonds is 5. The van der Waals surface area contributed by atoms with E-state index in [1.165, 1.54) is 6.07 Å². The van der Waals surface area contributed by atoms with Gasteiger partial charge in [-0.2, -0.15) is 0 Å². The van der Waals surface area contributed by atoms with Gasteiger partial charge < -0.3 is 4.74 Å². The Balaban J connectivity index is 2.09. The highest BCUT2D eigenvalue weighted by molar-refractivity contribution is 6.31. The molecule has 0 aromatic heterocycles. The topological polar surface area (TPSA) is 50.5 Å². The van der Waals surface area contributed by atoms with Crippen LogP contribution in [0.2, 0.25) is 5.02 Å². The molecule has 1 heterocycles. The summed E-state index contributed by atoms with van der Waals surface area (Å²) in [7, 11) is 0. The molecule has 0 radical (unpaired) electrons. The second-order valence-electron chi connectivity index (χ2n) is 5.68. The molecule has 6 heteroatoms. The lowest BCUT2D eigenvalue weighted by molar-refractivity contribution is -0.0553. The zero-order valence-electron chi connectivity index (χ0n) is 12.5. The lowest BCUT2D eigenvalue weighted by atomic mass is 9.99. The predicted molar refractivity (Wildman–Crippen MR) is 82.7 cm³/mol. The fourth-order valence-corrected chi connectivity index (χ4v) is 2.89. The Hall–Kier alpha value is -0.720. The van der Waals surface area contributed by atoms with Crippen LogP contribution in [-0.4, -0.2) is 42.8 Å². The summed E-state index contributed by atoms with van der Waals surface area (Å²) >= 11 is 6.09. The number of benzene rings is 1. The fraction of sp³-hybridized carbons (Fsp3) is 0.600. The minimum atomic E-state index is -0.306. The van der Waals surface area contributed by atoms with Crippen molar-refractivity contribution in [1.82, 2.24) is 10.3 Å². The second kappa shape index (κ2) is 7.51. The zero-order valence-corrected chi connectivity index (χ0v) is 13.2. The lowest BCUT2D eigenvalue weighted by Crippen LogP contribution is -2.56. The molecule has 3 N–H and O–H groups in total. The Morgan fingerprint density at radius 2 is 2.29 bits per heavy atom. The summed E-state index contributed by atoms with van der Waals surface area (Å²) in [6.45, 7) is 6.65. The van der Waals surface area contributed by atoms with Crippen LogP contribution >= 0.6 is 11.6 Å². The number of hydrogen-bond acceptors (Lipinski definition) is 4. The first kappa shape index (κ1) is 16.6. The fourth-order valence-electron chi connectivity index (χ4n) is 2.65. The molecule has 1 aliphatic heterocycles. The quantitative estimate of drug-likeness (QED) is 0.644. The molecule has 118 valence electrons. The monoisotopic (exact) mass is 315 g/mol. The summed E-state index contributed by atoms with van der Waals surface area (Å²) in [5.74, 6) is 5.35. The molecule has 4 nitrogen and oxygen atoms in total. The summed E-state index contributed by atoms with van der Waals surface area (Å²) in [6, 6.07) is 4.98. The zero-order chi connectivity index (χ0) is 15.4. The molecular weight excluding hydrogens is 293 g/mol. The van der Waals surface area contributed by atoms with Crippen LogP contribution in [0.3, 0.4) is 0 Å². The number of nitrogens with two attached hydrogens (primary N) is 1. The number of nitrogens with one attached hydrogen (secondary N) is 1. The first-order valence-electron chi connectivity index (χ1n) is 7.27. The van der Waals surface area contributed by atoms with Crippen molar-refractivity contribution in [2.75, 3.05) is 19.7 Å². The van der Waals surface area contributed by atoms with Gasteiger partial charge in [0.15, 0.2) is 0 Å². The minimum Gasteiger partial charge on any atom is -0.374 e. The van der Waals surface area contributed by atoms with E-state index in [0.717, 1.165) is 13.1 Å². The van der Waals surface area contributed by atoms with Crippen LogP contribution < -0.4 is 11.3 Å². The smallest absolute Gasteiger partial charge is 0.127 e. The van der Waals surface area contributed by atoms with E-state index in [0.29, 0.717) is 29.7 Å². The third-order valence-corrected chi connectivity index (χ3v) is 4.36. The van der Waals surface area contributed by atoms with Crippen LogP contribution in [0, 0.1) is 5.82 Å². The number of hydrogen-bond donors (Lipinski definition) is 2. The molecule has 1 aromatic rings. The Labute approximate surface area is 130 Å². The van der Waals surface area contributed by atoms with Gasteiger partial charge in [0, 0.05) is 29.7 Å². The molecule has 2 rings (SSSR count). The lowest BCUT2D eigenvalue weighted by Gasteiger charge is -2.38. The molecule has 1 fully saturated rings. The number of nitrogens with zero attached hydrogens (tertiary/aromatic N) is 1. The Morgan fingerprint density at radius 1 is 1.52 bits per heavy atom. The van der Waals surface area contributed by atoms with Crippen molar-refractivity contribution in [1.29, 1.82) is 0 Å². The maximum atomic E-state index is 13.9. The van der Waals surface area contributed by atoms with Crippen molar-refractivity contribution in [2.45, 2.75) is 38.5 Å². The first-order valence-corrected chi connectivity index (χ1v) is 7.65. The number of hydrazine groups is 1. The van der Waals surface area contributed by atoms with Gasteiger partial charge in [-0.15, -0.1) is 0 Å². The summed E-state index contributed by atoms with van der Waals surface area (Å²) in [4.78, 5) is 2.33. The third kappa shape index (κ3) is 4.14. The van der Waals surface area contributed by atoms with Crippen LogP contribution in [-0.2, 0) is 11.2 Å². The Bertz CT molecular complexity index is 452. The van der Waals surface area contributed by atoms with Crippen LogP contribution in [0.1, 0.15) is 19.4 Å². The number of halogens is 2. The standard InChI is InChI=1S/C15H23ClFN3O/c1-10(2)20-6-7-21-15(9-20)14(19-18)8-11-12(16)4-3-5-13(11)17/h3-5,10,14-15,19H,6-9,18H2,1-2H3. The van der Waals surface area contributed by atoms with Crippen LogP contribution in [0.4, 0.5) is 4.39 Å². The van der Waals surface area contributed by atoms with Crippen molar-refractivity contribution in [2.24, 2.45) is 5.84 Å². The third-order valence-electron chi connectivity index (χ3n) is 4.00. The van der Waals surface area contributed by atoms with E-state index >= 15 is 0 Å². The summed E-state index contributed by atoms with van der Waals surface area (Å²) in [6.07, 6.45) is 0.320. The van der Waals surface area contributed by atoms with Gasteiger partial charge in [-0.05, 0) is 32.4 Å². The van der Waals surface area contributed by atoms with Gasteiger partial charge in [0.25, 0.3) is 0 Å². The molecule has 1 aliphatic rings. The molecule has 1 saturated heterocycles. The van der Waals surface area contributed by atoms with Gasteiger partial charge >= 0.3 is 0 Å². The minimum absolute atomic E-state index is 0.0816. The molecule has 0 amide bonds. The molecule has 1 aromatic carbocycles. The molecular formula is C15H23ClFN3O. The Kier molecular flexibility index (Phi) is 5.96. The second-order valence-corrected chi connectivity index (χ2v) is 6.08. The predicted octanol–water partition coefficient (Wildman–Crippen LogP) is 1.96. The number of morpholine rings is 1.